The molecule has 2 rings (SSSR count). The zero-order valence-corrected chi connectivity index (χ0v) is 12.0. The molecule has 1 unspecified atom stereocenters. The minimum atomic E-state index is -4.37. The molecule has 7 heteroatoms. The van der Waals surface area contributed by atoms with E-state index in [2.05, 4.69) is 5.43 Å². The molecule has 0 saturated carbocycles. The summed E-state index contributed by atoms with van der Waals surface area (Å²) >= 11 is 0. The van der Waals surface area contributed by atoms with Gasteiger partial charge in [-0.1, -0.05) is 18.6 Å². The summed E-state index contributed by atoms with van der Waals surface area (Å²) in [6.45, 7) is 0.0843. The van der Waals surface area contributed by atoms with Gasteiger partial charge in [-0.3, -0.25) is 10.2 Å². The lowest BCUT2D eigenvalue weighted by atomic mass is 10.0. The molecular formula is C15H18F4N2O. The normalized spacial score (nSPS) is 17.5. The van der Waals surface area contributed by atoms with Crippen LogP contribution in [0.1, 0.15) is 31.2 Å². The molecule has 0 bridgehead atoms. The summed E-state index contributed by atoms with van der Waals surface area (Å²) in [6, 6.07) is 4.31. The van der Waals surface area contributed by atoms with Crippen LogP contribution in [0.2, 0.25) is 0 Å². The minimum absolute atomic E-state index is 0.0645. The maximum absolute atomic E-state index is 13.1. The largest absolute Gasteiger partial charge is 0.405 e. The zero-order valence-electron chi connectivity index (χ0n) is 12.0. The van der Waals surface area contributed by atoms with Crippen LogP contribution in [0.3, 0.4) is 0 Å². The van der Waals surface area contributed by atoms with Crippen molar-refractivity contribution < 1.29 is 22.4 Å². The lowest BCUT2D eigenvalue weighted by Crippen LogP contribution is -2.49. The number of rotatable bonds is 6. The van der Waals surface area contributed by atoms with Crippen LogP contribution in [0, 0.1) is 5.82 Å². The third kappa shape index (κ3) is 4.69. The third-order valence-corrected chi connectivity index (χ3v) is 3.71. The summed E-state index contributed by atoms with van der Waals surface area (Å²) < 4.78 is 51.9. The van der Waals surface area contributed by atoms with E-state index in [0.29, 0.717) is 19.3 Å². The molecule has 1 amide bonds. The topological polar surface area (TPSA) is 32.3 Å². The first-order chi connectivity index (χ1) is 10.4. The molecule has 0 aliphatic carbocycles. The first kappa shape index (κ1) is 16.7. The molecule has 22 heavy (non-hydrogen) atoms. The fourth-order valence-corrected chi connectivity index (χ4v) is 2.54. The lowest BCUT2D eigenvalue weighted by molar-refractivity contribution is -0.190. The van der Waals surface area contributed by atoms with E-state index >= 15 is 0 Å². The van der Waals surface area contributed by atoms with Gasteiger partial charge in [-0.2, -0.15) is 13.2 Å². The Morgan fingerprint density at radius 1 is 1.18 bits per heavy atom. The van der Waals surface area contributed by atoms with Crippen molar-refractivity contribution in [2.45, 2.75) is 44.3 Å². The number of nitrogens with one attached hydrogen (secondary N) is 1. The molecule has 1 aliphatic heterocycles. The molecule has 1 aromatic rings. The first-order valence-electron chi connectivity index (χ1n) is 7.23. The summed E-state index contributed by atoms with van der Waals surface area (Å²) in [4.78, 5) is 11.1. The molecule has 3 nitrogen and oxygen atoms in total. The van der Waals surface area contributed by atoms with E-state index in [1.54, 1.807) is 12.1 Å². The maximum Gasteiger partial charge on any atom is 0.405 e. The zero-order chi connectivity index (χ0) is 16.2. The molecule has 1 heterocycles. The van der Waals surface area contributed by atoms with E-state index in [4.69, 9.17) is 0 Å². The number of benzene rings is 1. The minimum Gasteiger partial charge on any atom is -0.288 e. The van der Waals surface area contributed by atoms with Gasteiger partial charge in [-0.05, 0) is 37.0 Å². The highest BCUT2D eigenvalue weighted by Gasteiger charge is 2.45. The highest BCUT2D eigenvalue weighted by Crippen LogP contribution is 2.29. The molecule has 1 aromatic carbocycles. The van der Waals surface area contributed by atoms with Crippen LogP contribution < -0.4 is 5.43 Å². The van der Waals surface area contributed by atoms with Crippen LogP contribution in [-0.2, 0) is 11.2 Å². The van der Waals surface area contributed by atoms with Crippen LogP contribution in [-0.4, -0.2) is 29.7 Å². The molecule has 1 N–H and O–H groups in total. The molecule has 122 valence electrons. The Labute approximate surface area is 126 Å². The second-order valence-electron chi connectivity index (χ2n) is 5.41. The SMILES string of the molecule is O=C1CCN(C(CCCCc2ccc(F)cc2)C(F)(F)F)N1. The average Bonchev–Trinajstić information content (AvgIpc) is 2.85. The summed E-state index contributed by atoms with van der Waals surface area (Å²) in [5.74, 6) is -0.703. The highest BCUT2D eigenvalue weighted by atomic mass is 19.4. The fourth-order valence-electron chi connectivity index (χ4n) is 2.54. The smallest absolute Gasteiger partial charge is 0.288 e. The van der Waals surface area contributed by atoms with Gasteiger partial charge in [-0.15, -0.1) is 0 Å². The van der Waals surface area contributed by atoms with Gasteiger partial charge in [0, 0.05) is 13.0 Å². The van der Waals surface area contributed by atoms with Gasteiger partial charge < -0.3 is 0 Å². The Balaban J connectivity index is 1.81. The summed E-state index contributed by atoms with van der Waals surface area (Å²) in [5, 5.41) is 0.986. The number of hydrogen-bond acceptors (Lipinski definition) is 2. The Morgan fingerprint density at radius 3 is 2.41 bits per heavy atom. The van der Waals surface area contributed by atoms with Gasteiger partial charge in [0.05, 0.1) is 0 Å². The number of halogens is 4. The van der Waals surface area contributed by atoms with Crippen molar-refractivity contribution in [3.63, 3.8) is 0 Å². The summed E-state index contributed by atoms with van der Waals surface area (Å²) in [6.07, 6.45) is -2.76. The Kier molecular flexibility index (Phi) is 5.39. The molecule has 1 saturated heterocycles. The summed E-state index contributed by atoms with van der Waals surface area (Å²) in [7, 11) is 0. The van der Waals surface area contributed by atoms with Crippen molar-refractivity contribution in [1.82, 2.24) is 10.4 Å². The van der Waals surface area contributed by atoms with Crippen LogP contribution in [0.4, 0.5) is 17.6 Å². The second-order valence-corrected chi connectivity index (χ2v) is 5.41. The number of aryl methyl sites for hydroxylation is 1. The van der Waals surface area contributed by atoms with Gasteiger partial charge in [0.15, 0.2) is 0 Å². The van der Waals surface area contributed by atoms with Crippen LogP contribution >= 0.6 is 0 Å². The Hall–Kier alpha value is -1.63. The van der Waals surface area contributed by atoms with E-state index in [1.165, 1.54) is 12.1 Å². The van der Waals surface area contributed by atoms with E-state index in [0.717, 1.165) is 10.6 Å². The average molecular weight is 318 g/mol. The van der Waals surface area contributed by atoms with E-state index in [9.17, 15) is 22.4 Å². The number of unbranched alkanes of at least 4 members (excludes halogenated alkanes) is 1. The molecule has 0 spiro atoms. The number of alkyl halides is 3. The quantitative estimate of drug-likeness (QED) is 0.645. The van der Waals surface area contributed by atoms with Crippen molar-refractivity contribution in [1.29, 1.82) is 0 Å². The predicted molar refractivity (Wildman–Crippen MR) is 73.3 cm³/mol. The van der Waals surface area contributed by atoms with Crippen molar-refractivity contribution in [3.05, 3.63) is 35.6 Å². The summed E-state index contributed by atoms with van der Waals surface area (Å²) in [5.41, 5.74) is 3.16. The number of amides is 1. The van der Waals surface area contributed by atoms with Crippen LogP contribution in [0.15, 0.2) is 24.3 Å². The van der Waals surface area contributed by atoms with Gasteiger partial charge >= 0.3 is 6.18 Å². The maximum atomic E-state index is 13.1. The van der Waals surface area contributed by atoms with E-state index in [-0.39, 0.29) is 31.1 Å². The first-order valence-corrected chi connectivity index (χ1v) is 7.23. The molecule has 0 aromatic heterocycles. The Morgan fingerprint density at radius 2 is 1.86 bits per heavy atom. The van der Waals surface area contributed by atoms with Crippen LogP contribution in [0.25, 0.3) is 0 Å². The van der Waals surface area contributed by atoms with Crippen molar-refractivity contribution in [2.75, 3.05) is 6.54 Å². The number of carbonyl (C=O) groups is 1. The van der Waals surface area contributed by atoms with Crippen LogP contribution in [0.5, 0.6) is 0 Å². The van der Waals surface area contributed by atoms with Crippen molar-refractivity contribution in [2.24, 2.45) is 0 Å². The van der Waals surface area contributed by atoms with Gasteiger partial charge in [-0.25, -0.2) is 9.40 Å². The highest BCUT2D eigenvalue weighted by molar-refractivity contribution is 5.77. The number of hydrazine groups is 1. The standard InChI is InChI=1S/C15H18F4N2O/c16-12-7-5-11(6-8-12)3-1-2-4-13(15(17,18)19)21-10-9-14(22)20-21/h5-8,13H,1-4,9-10H2,(H,20,22). The number of hydrogen-bond donors (Lipinski definition) is 1. The third-order valence-electron chi connectivity index (χ3n) is 3.71. The number of nitrogens with zero attached hydrogens (tertiary/aromatic N) is 1. The van der Waals surface area contributed by atoms with Gasteiger partial charge in [0.1, 0.15) is 11.9 Å². The monoisotopic (exact) mass is 318 g/mol. The van der Waals surface area contributed by atoms with Gasteiger partial charge in [0.25, 0.3) is 0 Å². The second kappa shape index (κ2) is 7.09. The van der Waals surface area contributed by atoms with Crippen molar-refractivity contribution in [3.8, 4) is 0 Å². The molecule has 1 aliphatic rings. The molecule has 0 radical (unpaired) electrons. The lowest BCUT2D eigenvalue weighted by Gasteiger charge is -2.28. The predicted octanol–water partition coefficient (Wildman–Crippen LogP) is 3.21. The number of carbonyl (C=O) groups excluding carboxylic acids is 1. The molecular weight excluding hydrogens is 300 g/mol. The Bertz CT molecular complexity index is 501. The van der Waals surface area contributed by atoms with E-state index < -0.39 is 12.2 Å². The molecule has 1 fully saturated rings. The van der Waals surface area contributed by atoms with Crippen molar-refractivity contribution >= 4 is 5.91 Å². The fraction of sp³-hybridized carbons (Fsp3) is 0.533. The van der Waals surface area contributed by atoms with Gasteiger partial charge in [0.2, 0.25) is 5.91 Å². The molecule has 1 atom stereocenters. The van der Waals surface area contributed by atoms with E-state index in [1.807, 2.05) is 0 Å².